The molecule has 230 valence electrons. The first-order valence-corrected chi connectivity index (χ1v) is 15.9. The Morgan fingerprint density at radius 3 is 2.50 bits per heavy atom. The molecule has 1 aliphatic carbocycles. The third-order valence-electron chi connectivity index (χ3n) is 9.61. The van der Waals surface area contributed by atoms with E-state index in [1.807, 2.05) is 38.5 Å². The Kier molecular flexibility index (Phi) is 8.41. The van der Waals surface area contributed by atoms with Crippen molar-refractivity contribution in [1.29, 1.82) is 5.26 Å². The van der Waals surface area contributed by atoms with Crippen molar-refractivity contribution in [3.63, 3.8) is 0 Å². The molecule has 10 nitrogen and oxygen atoms in total. The number of hydrogen-bond donors (Lipinski definition) is 2. The maximum absolute atomic E-state index is 12.8. The predicted octanol–water partition coefficient (Wildman–Crippen LogP) is 5.38. The van der Waals surface area contributed by atoms with Gasteiger partial charge in [0.1, 0.15) is 11.9 Å². The number of pyridine rings is 2. The van der Waals surface area contributed by atoms with Gasteiger partial charge in [-0.2, -0.15) is 15.5 Å². The number of amides is 1. The van der Waals surface area contributed by atoms with E-state index in [4.69, 9.17) is 10.1 Å². The molecular formula is C34H42N8O2. The lowest BCUT2D eigenvalue weighted by Crippen LogP contribution is -2.49. The van der Waals surface area contributed by atoms with Crippen LogP contribution in [0, 0.1) is 22.7 Å². The highest BCUT2D eigenvalue weighted by Crippen LogP contribution is 2.37. The van der Waals surface area contributed by atoms with E-state index in [2.05, 4.69) is 51.3 Å². The van der Waals surface area contributed by atoms with Crippen LogP contribution in [0.2, 0.25) is 0 Å². The molecule has 2 fully saturated rings. The first-order chi connectivity index (χ1) is 21.3. The standard InChI is InChI=1S/C34H42N8O2/c1-23(2)39-33(44)34(3)11-13-40(14-12-34)31-9-6-25(18-36-31)30-16-26(21-42-32(30)27(17-35)19-38-42)28-20-37-41(22-28)29-7-4-24(5-8-29)10-15-43/h6,9,16,18-24,29,43H,4-5,7-8,10-15H2,1-3H3,(H,39,44). The molecule has 0 bridgehead atoms. The largest absolute Gasteiger partial charge is 0.396 e. The third-order valence-corrected chi connectivity index (χ3v) is 9.61. The van der Waals surface area contributed by atoms with Gasteiger partial charge in [0.15, 0.2) is 0 Å². The van der Waals surface area contributed by atoms with Crippen LogP contribution in [0.15, 0.2) is 49.2 Å². The molecule has 0 aromatic carbocycles. The summed E-state index contributed by atoms with van der Waals surface area (Å²) in [5, 5.41) is 31.5. The smallest absolute Gasteiger partial charge is 0.226 e. The normalized spacial score (nSPS) is 20.1. The van der Waals surface area contributed by atoms with Crippen molar-refractivity contribution in [1.82, 2.24) is 29.7 Å². The van der Waals surface area contributed by atoms with Crippen LogP contribution in [0.5, 0.6) is 0 Å². The summed E-state index contributed by atoms with van der Waals surface area (Å²) in [5.74, 6) is 1.62. The molecule has 0 atom stereocenters. The molecule has 0 spiro atoms. The minimum absolute atomic E-state index is 0.129. The molecule has 2 aliphatic rings. The molecule has 0 radical (unpaired) electrons. The van der Waals surface area contributed by atoms with Crippen molar-refractivity contribution in [2.24, 2.45) is 11.3 Å². The fraction of sp³-hybridized carbons (Fsp3) is 0.500. The van der Waals surface area contributed by atoms with Crippen molar-refractivity contribution in [2.75, 3.05) is 24.6 Å². The zero-order valence-electron chi connectivity index (χ0n) is 25.9. The number of anilines is 1. The maximum atomic E-state index is 12.8. The Morgan fingerprint density at radius 2 is 1.84 bits per heavy atom. The maximum Gasteiger partial charge on any atom is 0.226 e. The number of piperidine rings is 1. The van der Waals surface area contributed by atoms with Crippen molar-refractivity contribution in [3.8, 4) is 28.3 Å². The second kappa shape index (κ2) is 12.4. The number of hydrogen-bond acceptors (Lipinski definition) is 7. The van der Waals surface area contributed by atoms with Gasteiger partial charge in [-0.15, -0.1) is 0 Å². The summed E-state index contributed by atoms with van der Waals surface area (Å²) in [7, 11) is 0. The molecule has 1 saturated carbocycles. The molecule has 4 aromatic rings. The van der Waals surface area contributed by atoms with Crippen molar-refractivity contribution in [3.05, 3.63) is 54.7 Å². The number of carbonyl (C=O) groups excluding carboxylic acids is 1. The van der Waals surface area contributed by atoms with Gasteiger partial charge in [0, 0.05) is 72.0 Å². The van der Waals surface area contributed by atoms with Crippen molar-refractivity contribution >= 4 is 17.2 Å². The Morgan fingerprint density at radius 1 is 1.07 bits per heavy atom. The van der Waals surface area contributed by atoms with E-state index in [0.717, 1.165) is 91.6 Å². The fourth-order valence-electron chi connectivity index (χ4n) is 6.77. The van der Waals surface area contributed by atoms with Gasteiger partial charge in [-0.3, -0.25) is 9.48 Å². The lowest BCUT2D eigenvalue weighted by Gasteiger charge is -2.39. The van der Waals surface area contributed by atoms with Crippen molar-refractivity contribution < 1.29 is 9.90 Å². The Hall–Kier alpha value is -4.23. The number of carbonyl (C=O) groups is 1. The average Bonchev–Trinajstić information content (AvgIpc) is 3.69. The van der Waals surface area contributed by atoms with Crippen LogP contribution in [-0.2, 0) is 4.79 Å². The van der Waals surface area contributed by atoms with Gasteiger partial charge in [0.2, 0.25) is 5.91 Å². The summed E-state index contributed by atoms with van der Waals surface area (Å²) in [6.45, 7) is 7.85. The first-order valence-electron chi connectivity index (χ1n) is 15.9. The second-order valence-corrected chi connectivity index (χ2v) is 13.1. The van der Waals surface area contributed by atoms with E-state index < -0.39 is 0 Å². The summed E-state index contributed by atoms with van der Waals surface area (Å²) < 4.78 is 3.87. The van der Waals surface area contributed by atoms with E-state index in [-0.39, 0.29) is 24.0 Å². The predicted molar refractivity (Wildman–Crippen MR) is 170 cm³/mol. The molecule has 2 N–H and O–H groups in total. The highest BCUT2D eigenvalue weighted by atomic mass is 16.3. The molecule has 6 rings (SSSR count). The Balaban J connectivity index is 1.23. The van der Waals surface area contributed by atoms with Crippen LogP contribution in [0.3, 0.4) is 0 Å². The molecular weight excluding hydrogens is 552 g/mol. The van der Waals surface area contributed by atoms with Gasteiger partial charge in [-0.25, -0.2) is 9.50 Å². The molecule has 4 aromatic heterocycles. The van der Waals surface area contributed by atoms with E-state index in [1.54, 1.807) is 10.7 Å². The van der Waals surface area contributed by atoms with Crippen LogP contribution in [0.25, 0.3) is 27.8 Å². The number of fused-ring (bicyclic) bond motifs is 1. The van der Waals surface area contributed by atoms with E-state index in [1.165, 1.54) is 0 Å². The van der Waals surface area contributed by atoms with E-state index >= 15 is 0 Å². The number of rotatable bonds is 8. The molecule has 1 saturated heterocycles. The van der Waals surface area contributed by atoms with Gasteiger partial charge < -0.3 is 15.3 Å². The highest BCUT2D eigenvalue weighted by molar-refractivity contribution is 5.87. The minimum atomic E-state index is -0.365. The summed E-state index contributed by atoms with van der Waals surface area (Å²) in [6.07, 6.45) is 16.3. The first kappa shape index (κ1) is 29.8. The van der Waals surface area contributed by atoms with Crippen LogP contribution in [0.4, 0.5) is 5.82 Å². The van der Waals surface area contributed by atoms with Crippen LogP contribution < -0.4 is 10.2 Å². The molecule has 44 heavy (non-hydrogen) atoms. The van der Waals surface area contributed by atoms with Gasteiger partial charge in [-0.1, -0.05) is 6.92 Å². The Bertz CT molecular complexity index is 1650. The van der Waals surface area contributed by atoms with E-state index in [0.29, 0.717) is 17.5 Å². The van der Waals surface area contributed by atoms with Gasteiger partial charge in [0.25, 0.3) is 0 Å². The quantitative estimate of drug-likeness (QED) is 0.281. The molecule has 1 amide bonds. The zero-order valence-corrected chi connectivity index (χ0v) is 25.9. The van der Waals surface area contributed by atoms with E-state index in [9.17, 15) is 15.2 Å². The van der Waals surface area contributed by atoms with Crippen LogP contribution >= 0.6 is 0 Å². The van der Waals surface area contributed by atoms with Gasteiger partial charge in [-0.05, 0) is 82.9 Å². The zero-order chi connectivity index (χ0) is 30.8. The Labute approximate surface area is 258 Å². The fourth-order valence-corrected chi connectivity index (χ4v) is 6.77. The summed E-state index contributed by atoms with van der Waals surface area (Å²) in [5.41, 5.74) is 4.68. The number of aromatic nitrogens is 5. The topological polar surface area (TPSA) is 124 Å². The number of nitrogens with one attached hydrogen (secondary N) is 1. The molecule has 10 heteroatoms. The highest BCUT2D eigenvalue weighted by Gasteiger charge is 2.37. The van der Waals surface area contributed by atoms with Crippen LogP contribution in [0.1, 0.15) is 77.3 Å². The number of aliphatic hydroxyl groups is 1. The second-order valence-electron chi connectivity index (χ2n) is 13.1. The molecule has 1 aliphatic heterocycles. The summed E-state index contributed by atoms with van der Waals surface area (Å²) >= 11 is 0. The van der Waals surface area contributed by atoms with Crippen molar-refractivity contribution in [2.45, 2.75) is 77.8 Å². The van der Waals surface area contributed by atoms with Crippen LogP contribution in [-0.4, -0.2) is 61.1 Å². The minimum Gasteiger partial charge on any atom is -0.396 e. The number of nitrogens with zero attached hydrogens (tertiary/aromatic N) is 7. The number of nitriles is 1. The number of aliphatic hydroxyl groups excluding tert-OH is 1. The monoisotopic (exact) mass is 594 g/mol. The SMILES string of the molecule is CC(C)NC(=O)C1(C)CCN(c2ccc(-c3cc(-c4cnn(C5CCC(CCO)CC5)c4)cn4ncc(C#N)c34)cn2)CC1. The van der Waals surface area contributed by atoms with Gasteiger partial charge in [0.05, 0.1) is 29.5 Å². The third kappa shape index (κ3) is 5.93. The summed E-state index contributed by atoms with van der Waals surface area (Å²) in [4.78, 5) is 19.8. The lowest BCUT2D eigenvalue weighted by molar-refractivity contribution is -0.131. The molecule has 0 unspecified atom stereocenters. The average molecular weight is 595 g/mol. The van der Waals surface area contributed by atoms with Gasteiger partial charge >= 0.3 is 0 Å². The summed E-state index contributed by atoms with van der Waals surface area (Å²) in [6, 6.07) is 8.99. The lowest BCUT2D eigenvalue weighted by atomic mass is 9.79. The molecule has 5 heterocycles.